The predicted molar refractivity (Wildman–Crippen MR) is 37.9 cm³/mol. The van der Waals surface area contributed by atoms with E-state index in [1.165, 1.54) is 13.8 Å². The Hall–Kier alpha value is -1.32. The van der Waals surface area contributed by atoms with Crippen LogP contribution in [0.25, 0.3) is 0 Å². The molecule has 11 heavy (non-hydrogen) atoms. The lowest BCUT2D eigenvalue weighted by Gasteiger charge is -2.18. The molecule has 0 aromatic carbocycles. The van der Waals surface area contributed by atoms with Crippen LogP contribution in [0.1, 0.15) is 13.8 Å². The second kappa shape index (κ2) is 2.38. The standard InChI is InChI=1S/C7H9NO3/c1-3-5(9)6(10)4(2)8-7(3)11/h4,9H,1-2H3,(H,8,11). The van der Waals surface area contributed by atoms with E-state index in [-0.39, 0.29) is 11.5 Å². The van der Waals surface area contributed by atoms with Crippen LogP contribution in [0.2, 0.25) is 0 Å². The Morgan fingerprint density at radius 2 is 2.00 bits per heavy atom. The summed E-state index contributed by atoms with van der Waals surface area (Å²) in [6, 6.07) is -0.605. The van der Waals surface area contributed by atoms with Crippen molar-refractivity contribution in [1.82, 2.24) is 5.32 Å². The van der Waals surface area contributed by atoms with E-state index in [9.17, 15) is 9.59 Å². The highest BCUT2D eigenvalue weighted by Gasteiger charge is 2.28. The molecular weight excluding hydrogens is 146 g/mol. The highest BCUT2D eigenvalue weighted by atomic mass is 16.3. The first kappa shape index (κ1) is 7.78. The van der Waals surface area contributed by atoms with E-state index >= 15 is 0 Å². The molecular formula is C7H9NO3. The number of rotatable bonds is 0. The lowest BCUT2D eigenvalue weighted by atomic mass is 10.0. The van der Waals surface area contributed by atoms with Crippen LogP contribution in [0.5, 0.6) is 0 Å². The van der Waals surface area contributed by atoms with Gasteiger partial charge in [-0.25, -0.2) is 0 Å². The third kappa shape index (κ3) is 1.11. The second-order valence-corrected chi connectivity index (χ2v) is 2.53. The molecule has 1 aliphatic rings. The molecule has 0 radical (unpaired) electrons. The zero-order valence-electron chi connectivity index (χ0n) is 6.34. The maximum atomic E-state index is 11.0. The van der Waals surface area contributed by atoms with Crippen molar-refractivity contribution >= 4 is 11.7 Å². The molecule has 0 aliphatic carbocycles. The average Bonchev–Trinajstić information content (AvgIpc) is 1.97. The Morgan fingerprint density at radius 1 is 1.45 bits per heavy atom. The number of ketones is 1. The lowest BCUT2D eigenvalue weighted by Crippen LogP contribution is -2.44. The van der Waals surface area contributed by atoms with Crippen molar-refractivity contribution in [2.75, 3.05) is 0 Å². The Kier molecular flexibility index (Phi) is 1.68. The molecule has 1 atom stereocenters. The molecule has 0 spiro atoms. The minimum absolute atomic E-state index is 0.0908. The van der Waals surface area contributed by atoms with Gasteiger partial charge in [-0.2, -0.15) is 0 Å². The quantitative estimate of drug-likeness (QED) is 0.513. The molecule has 1 aliphatic heterocycles. The summed E-state index contributed by atoms with van der Waals surface area (Å²) in [5.41, 5.74) is 0.0908. The van der Waals surface area contributed by atoms with Crippen molar-refractivity contribution in [2.24, 2.45) is 0 Å². The average molecular weight is 155 g/mol. The summed E-state index contributed by atoms with van der Waals surface area (Å²) in [6.45, 7) is 2.94. The monoisotopic (exact) mass is 155 g/mol. The molecule has 1 heterocycles. The van der Waals surface area contributed by atoms with Gasteiger partial charge in [-0.1, -0.05) is 0 Å². The maximum absolute atomic E-state index is 11.0. The van der Waals surface area contributed by atoms with Crippen LogP contribution in [0, 0.1) is 0 Å². The van der Waals surface area contributed by atoms with Gasteiger partial charge in [0.05, 0.1) is 11.6 Å². The van der Waals surface area contributed by atoms with Crippen molar-refractivity contribution in [3.8, 4) is 0 Å². The number of aliphatic hydroxyl groups excluding tert-OH is 1. The predicted octanol–water partition coefficient (Wildman–Crippen LogP) is -0.0942. The van der Waals surface area contributed by atoms with Crippen LogP contribution in [0.15, 0.2) is 11.3 Å². The number of carbonyl (C=O) groups excluding carboxylic acids is 2. The van der Waals surface area contributed by atoms with Crippen molar-refractivity contribution < 1.29 is 14.7 Å². The first-order valence-electron chi connectivity index (χ1n) is 3.29. The van der Waals surface area contributed by atoms with Crippen molar-refractivity contribution in [1.29, 1.82) is 0 Å². The summed E-state index contributed by atoms with van der Waals surface area (Å²) in [5, 5.41) is 11.5. The van der Waals surface area contributed by atoms with E-state index in [0.717, 1.165) is 0 Å². The normalized spacial score (nSPS) is 25.5. The number of hydrogen-bond donors (Lipinski definition) is 2. The van der Waals surface area contributed by atoms with Gasteiger partial charge in [-0.15, -0.1) is 0 Å². The van der Waals surface area contributed by atoms with Gasteiger partial charge in [0, 0.05) is 0 Å². The zero-order chi connectivity index (χ0) is 8.59. The molecule has 0 aromatic rings. The molecule has 4 nitrogen and oxygen atoms in total. The molecule has 0 saturated heterocycles. The van der Waals surface area contributed by atoms with Gasteiger partial charge in [-0.05, 0) is 13.8 Å². The van der Waals surface area contributed by atoms with Gasteiger partial charge in [0.1, 0.15) is 0 Å². The van der Waals surface area contributed by atoms with Crippen molar-refractivity contribution in [2.45, 2.75) is 19.9 Å². The lowest BCUT2D eigenvalue weighted by molar-refractivity contribution is -0.127. The highest BCUT2D eigenvalue weighted by Crippen LogP contribution is 2.10. The van der Waals surface area contributed by atoms with E-state index in [4.69, 9.17) is 5.11 Å². The maximum Gasteiger partial charge on any atom is 0.251 e. The fourth-order valence-corrected chi connectivity index (χ4v) is 0.868. The number of carbonyl (C=O) groups is 2. The van der Waals surface area contributed by atoms with Crippen LogP contribution < -0.4 is 5.32 Å². The topological polar surface area (TPSA) is 66.4 Å². The largest absolute Gasteiger partial charge is 0.504 e. The Balaban J connectivity index is 3.08. The number of Topliss-reactive ketones (excluding diaryl/α,β-unsaturated/α-hetero) is 1. The Bertz CT molecular complexity index is 254. The van der Waals surface area contributed by atoms with Crippen LogP contribution in [0.3, 0.4) is 0 Å². The van der Waals surface area contributed by atoms with E-state index in [1.54, 1.807) is 0 Å². The van der Waals surface area contributed by atoms with Crippen molar-refractivity contribution in [3.05, 3.63) is 11.3 Å². The molecule has 0 bridgehead atoms. The smallest absolute Gasteiger partial charge is 0.251 e. The summed E-state index contributed by atoms with van der Waals surface area (Å²) in [4.78, 5) is 21.8. The number of aliphatic hydroxyl groups is 1. The highest BCUT2D eigenvalue weighted by molar-refractivity contribution is 6.11. The molecule has 0 saturated carbocycles. The van der Waals surface area contributed by atoms with Gasteiger partial charge < -0.3 is 10.4 Å². The number of amides is 1. The zero-order valence-corrected chi connectivity index (χ0v) is 6.34. The molecule has 0 aromatic heterocycles. The Labute approximate surface area is 63.9 Å². The minimum atomic E-state index is -0.605. The third-order valence-electron chi connectivity index (χ3n) is 1.67. The van der Waals surface area contributed by atoms with Crippen LogP contribution in [0.4, 0.5) is 0 Å². The molecule has 4 heteroatoms. The second-order valence-electron chi connectivity index (χ2n) is 2.53. The van der Waals surface area contributed by atoms with Gasteiger partial charge >= 0.3 is 0 Å². The molecule has 1 amide bonds. The van der Waals surface area contributed by atoms with Gasteiger partial charge in [0.15, 0.2) is 5.76 Å². The summed E-state index contributed by atoms with van der Waals surface area (Å²) < 4.78 is 0. The van der Waals surface area contributed by atoms with Gasteiger partial charge in [0.2, 0.25) is 5.78 Å². The number of hydrogen-bond acceptors (Lipinski definition) is 3. The fourth-order valence-electron chi connectivity index (χ4n) is 0.868. The summed E-state index contributed by atoms with van der Waals surface area (Å²) in [6.07, 6.45) is 0. The molecule has 2 N–H and O–H groups in total. The molecule has 60 valence electrons. The van der Waals surface area contributed by atoms with Gasteiger partial charge in [-0.3, -0.25) is 9.59 Å². The van der Waals surface area contributed by atoms with E-state index < -0.39 is 17.6 Å². The molecule has 1 unspecified atom stereocenters. The van der Waals surface area contributed by atoms with Crippen LogP contribution in [-0.4, -0.2) is 22.8 Å². The fraction of sp³-hybridized carbons (Fsp3) is 0.429. The first-order valence-corrected chi connectivity index (χ1v) is 3.29. The van der Waals surface area contributed by atoms with Crippen molar-refractivity contribution in [3.63, 3.8) is 0 Å². The first-order chi connectivity index (χ1) is 5.04. The Morgan fingerprint density at radius 3 is 2.55 bits per heavy atom. The summed E-state index contributed by atoms with van der Waals surface area (Å²) in [5.74, 6) is -1.22. The van der Waals surface area contributed by atoms with E-state index in [1.807, 2.05) is 0 Å². The van der Waals surface area contributed by atoms with E-state index in [2.05, 4.69) is 5.32 Å². The third-order valence-corrected chi connectivity index (χ3v) is 1.67. The van der Waals surface area contributed by atoms with Crippen LogP contribution >= 0.6 is 0 Å². The van der Waals surface area contributed by atoms with Gasteiger partial charge in [0.25, 0.3) is 5.91 Å². The molecule has 0 fully saturated rings. The van der Waals surface area contributed by atoms with E-state index in [0.29, 0.717) is 0 Å². The number of nitrogens with one attached hydrogen (secondary N) is 1. The van der Waals surface area contributed by atoms with Crippen LogP contribution in [-0.2, 0) is 9.59 Å². The SMILES string of the molecule is CC1=C(O)C(=O)C(C)NC1=O. The molecule has 1 rings (SSSR count). The summed E-state index contributed by atoms with van der Waals surface area (Å²) in [7, 11) is 0. The minimum Gasteiger partial charge on any atom is -0.504 e. The summed E-state index contributed by atoms with van der Waals surface area (Å²) >= 11 is 0.